The number of hydrazone groups is 1. The zero-order valence-corrected chi connectivity index (χ0v) is 23.1. The van der Waals surface area contributed by atoms with Crippen molar-refractivity contribution >= 4 is 34.5 Å². The molecule has 1 N–H and O–H groups in total. The van der Waals surface area contributed by atoms with E-state index in [1.165, 1.54) is 16.8 Å². The van der Waals surface area contributed by atoms with Gasteiger partial charge in [-0.1, -0.05) is 23.9 Å². The van der Waals surface area contributed by atoms with Gasteiger partial charge in [-0.25, -0.2) is 9.80 Å². The van der Waals surface area contributed by atoms with Crippen molar-refractivity contribution in [1.82, 2.24) is 9.91 Å². The van der Waals surface area contributed by atoms with Crippen LogP contribution < -0.4 is 14.8 Å². The number of carbonyl (C=O) groups is 2. The summed E-state index contributed by atoms with van der Waals surface area (Å²) in [6.07, 6.45) is -0.511. The Morgan fingerprint density at radius 1 is 1.08 bits per heavy atom. The standard InChI is InChI=1S/C27H36N4O5S/c1-18(2)30(19(3)4)12-13-36-26(32)28-22-9-7-8-20(14-22)16-31-27(33)37-17-23(29-31)21-10-11-24(34-5)25(15-21)35-6/h7-11,14-15,18-19H,12-13,16-17H2,1-6H3,(H,28,32). The number of hydrogen-bond donors (Lipinski definition) is 1. The predicted molar refractivity (Wildman–Crippen MR) is 148 cm³/mol. The minimum Gasteiger partial charge on any atom is -0.493 e. The first kappa shape index (κ1) is 28.3. The smallest absolute Gasteiger partial charge is 0.411 e. The van der Waals surface area contributed by atoms with Crippen LogP contribution in [0.4, 0.5) is 15.3 Å². The molecular formula is C27H36N4O5S. The van der Waals surface area contributed by atoms with Crippen molar-refractivity contribution in [3.05, 3.63) is 53.6 Å². The van der Waals surface area contributed by atoms with Gasteiger partial charge >= 0.3 is 11.3 Å². The molecule has 0 bridgehead atoms. The lowest BCUT2D eigenvalue weighted by Crippen LogP contribution is -2.39. The van der Waals surface area contributed by atoms with E-state index in [4.69, 9.17) is 14.2 Å². The summed E-state index contributed by atoms with van der Waals surface area (Å²) >= 11 is 1.19. The Labute approximate surface area is 223 Å². The van der Waals surface area contributed by atoms with Crippen LogP contribution in [0.25, 0.3) is 0 Å². The van der Waals surface area contributed by atoms with E-state index >= 15 is 0 Å². The van der Waals surface area contributed by atoms with E-state index in [1.807, 2.05) is 36.4 Å². The van der Waals surface area contributed by atoms with Gasteiger partial charge in [-0.3, -0.25) is 15.0 Å². The highest BCUT2D eigenvalue weighted by Gasteiger charge is 2.23. The number of carbonyl (C=O) groups excluding carboxylic acids is 2. The third kappa shape index (κ3) is 7.87. The monoisotopic (exact) mass is 528 g/mol. The third-order valence-electron chi connectivity index (χ3n) is 5.92. The molecule has 1 aliphatic rings. The van der Waals surface area contributed by atoms with Crippen molar-refractivity contribution in [2.45, 2.75) is 46.3 Å². The van der Waals surface area contributed by atoms with Crippen LogP contribution in [0.5, 0.6) is 11.5 Å². The zero-order valence-electron chi connectivity index (χ0n) is 22.3. The molecule has 0 radical (unpaired) electrons. The van der Waals surface area contributed by atoms with Gasteiger partial charge in [0.2, 0.25) is 0 Å². The lowest BCUT2D eigenvalue weighted by atomic mass is 10.1. The molecule has 0 spiro atoms. The van der Waals surface area contributed by atoms with E-state index in [1.54, 1.807) is 20.3 Å². The minimum absolute atomic E-state index is 0.137. The van der Waals surface area contributed by atoms with Crippen LogP contribution in [0.1, 0.15) is 38.8 Å². The predicted octanol–water partition coefficient (Wildman–Crippen LogP) is 5.44. The van der Waals surface area contributed by atoms with Gasteiger partial charge in [-0.2, -0.15) is 5.10 Å². The molecule has 3 rings (SSSR count). The maximum absolute atomic E-state index is 12.6. The van der Waals surface area contributed by atoms with E-state index in [2.05, 4.69) is 43.0 Å². The molecule has 0 fully saturated rings. The number of thioether (sulfide) groups is 1. The van der Waals surface area contributed by atoms with Gasteiger partial charge in [0, 0.05) is 35.6 Å². The molecule has 9 nitrogen and oxygen atoms in total. The average molecular weight is 529 g/mol. The SMILES string of the molecule is COc1ccc(C2=NN(Cc3cccc(NC(=O)OCCN(C(C)C)C(C)C)c3)C(=O)SC2)cc1OC. The molecule has 0 aromatic heterocycles. The maximum Gasteiger partial charge on any atom is 0.411 e. The number of nitrogens with zero attached hydrogens (tertiary/aromatic N) is 3. The van der Waals surface area contributed by atoms with E-state index in [0.29, 0.717) is 48.2 Å². The maximum atomic E-state index is 12.6. The van der Waals surface area contributed by atoms with E-state index in [-0.39, 0.29) is 11.8 Å². The van der Waals surface area contributed by atoms with Crippen molar-refractivity contribution < 1.29 is 23.8 Å². The van der Waals surface area contributed by atoms with Crippen LogP contribution in [0, 0.1) is 0 Å². The molecule has 0 saturated heterocycles. The highest BCUT2D eigenvalue weighted by molar-refractivity contribution is 8.14. The van der Waals surface area contributed by atoms with Gasteiger partial charge in [0.05, 0.1) is 26.5 Å². The molecule has 10 heteroatoms. The van der Waals surface area contributed by atoms with E-state index in [9.17, 15) is 9.59 Å². The van der Waals surface area contributed by atoms with Gasteiger partial charge in [-0.05, 0) is 63.6 Å². The number of rotatable bonds is 11. The molecule has 1 aliphatic heterocycles. The second-order valence-electron chi connectivity index (χ2n) is 9.12. The van der Waals surface area contributed by atoms with Crippen LogP contribution in [0.3, 0.4) is 0 Å². The zero-order chi connectivity index (χ0) is 26.9. The van der Waals surface area contributed by atoms with Crippen LogP contribution in [-0.2, 0) is 11.3 Å². The fourth-order valence-corrected chi connectivity index (χ4v) is 4.85. The number of amides is 2. The fraction of sp³-hybridized carbons (Fsp3) is 0.444. The van der Waals surface area contributed by atoms with Gasteiger partial charge < -0.3 is 14.2 Å². The molecule has 37 heavy (non-hydrogen) atoms. The van der Waals surface area contributed by atoms with Crippen molar-refractivity contribution in [2.24, 2.45) is 5.10 Å². The summed E-state index contributed by atoms with van der Waals surface area (Å²) in [6.45, 7) is 9.73. The molecule has 0 saturated carbocycles. The Hall–Kier alpha value is -3.24. The molecule has 0 aliphatic carbocycles. The Balaban J connectivity index is 1.63. The van der Waals surface area contributed by atoms with Crippen LogP contribution in [0.15, 0.2) is 47.6 Å². The van der Waals surface area contributed by atoms with Crippen LogP contribution in [0.2, 0.25) is 0 Å². The summed E-state index contributed by atoms with van der Waals surface area (Å²) in [5, 5.41) is 8.67. The second-order valence-corrected chi connectivity index (χ2v) is 10.0. The van der Waals surface area contributed by atoms with Crippen LogP contribution in [-0.4, -0.2) is 72.2 Å². The van der Waals surface area contributed by atoms with Gasteiger partial charge in [0.25, 0.3) is 0 Å². The summed E-state index contributed by atoms with van der Waals surface area (Å²) in [4.78, 5) is 27.2. The second kappa shape index (κ2) is 13.3. The summed E-state index contributed by atoms with van der Waals surface area (Å²) < 4.78 is 16.1. The van der Waals surface area contributed by atoms with Crippen LogP contribution >= 0.6 is 11.8 Å². The Kier molecular flexibility index (Phi) is 10.2. The topological polar surface area (TPSA) is 92.7 Å². The molecule has 2 amide bonds. The lowest BCUT2D eigenvalue weighted by Gasteiger charge is -2.30. The summed E-state index contributed by atoms with van der Waals surface area (Å²) in [5.41, 5.74) is 3.04. The number of ether oxygens (including phenoxy) is 3. The number of benzene rings is 2. The first-order chi connectivity index (χ1) is 17.7. The minimum atomic E-state index is -0.511. The van der Waals surface area contributed by atoms with Crippen molar-refractivity contribution in [3.8, 4) is 11.5 Å². The summed E-state index contributed by atoms with van der Waals surface area (Å²) in [7, 11) is 3.17. The lowest BCUT2D eigenvalue weighted by molar-refractivity contribution is 0.111. The summed E-state index contributed by atoms with van der Waals surface area (Å²) in [6, 6.07) is 13.6. The molecule has 1 heterocycles. The highest BCUT2D eigenvalue weighted by atomic mass is 32.2. The number of nitrogens with one attached hydrogen (secondary N) is 1. The van der Waals surface area contributed by atoms with E-state index < -0.39 is 6.09 Å². The molecule has 2 aromatic rings. The molecular weight excluding hydrogens is 492 g/mol. The Bertz CT molecular complexity index is 1110. The fourth-order valence-electron chi connectivity index (χ4n) is 4.11. The summed E-state index contributed by atoms with van der Waals surface area (Å²) in [5.74, 6) is 1.69. The number of anilines is 1. The van der Waals surface area contributed by atoms with Crippen molar-refractivity contribution in [2.75, 3.05) is 38.4 Å². The first-order valence-electron chi connectivity index (χ1n) is 12.2. The molecule has 200 valence electrons. The third-order valence-corrected chi connectivity index (χ3v) is 6.79. The Morgan fingerprint density at radius 2 is 1.81 bits per heavy atom. The normalized spacial score (nSPS) is 13.7. The number of hydrogen-bond acceptors (Lipinski definition) is 8. The molecule has 2 aromatic carbocycles. The first-order valence-corrected chi connectivity index (χ1v) is 13.2. The average Bonchev–Trinajstić information content (AvgIpc) is 2.87. The van der Waals surface area contributed by atoms with Crippen molar-refractivity contribution in [1.29, 1.82) is 0 Å². The highest BCUT2D eigenvalue weighted by Crippen LogP contribution is 2.30. The van der Waals surface area contributed by atoms with E-state index in [0.717, 1.165) is 16.8 Å². The van der Waals surface area contributed by atoms with Gasteiger partial charge in [0.1, 0.15) is 6.61 Å². The molecule has 0 atom stereocenters. The van der Waals surface area contributed by atoms with Gasteiger partial charge in [-0.15, -0.1) is 0 Å². The number of methoxy groups -OCH3 is 2. The quantitative estimate of drug-likeness (QED) is 0.415. The Morgan fingerprint density at radius 3 is 2.49 bits per heavy atom. The van der Waals surface area contributed by atoms with Crippen molar-refractivity contribution in [3.63, 3.8) is 0 Å². The molecule has 0 unspecified atom stereocenters. The largest absolute Gasteiger partial charge is 0.493 e. The van der Waals surface area contributed by atoms with Gasteiger partial charge in [0.15, 0.2) is 11.5 Å².